The van der Waals surface area contributed by atoms with Crippen LogP contribution in [0.5, 0.6) is 5.75 Å². The number of amides is 1. The molecule has 0 atom stereocenters. The molecule has 0 aliphatic heterocycles. The minimum absolute atomic E-state index is 0.214. The van der Waals surface area contributed by atoms with Gasteiger partial charge in [-0.3, -0.25) is 4.79 Å². The van der Waals surface area contributed by atoms with Crippen LogP contribution in [0.3, 0.4) is 0 Å². The van der Waals surface area contributed by atoms with E-state index >= 15 is 0 Å². The van der Waals surface area contributed by atoms with Gasteiger partial charge in [0, 0.05) is 6.54 Å². The Morgan fingerprint density at radius 1 is 1.00 bits per heavy atom. The zero-order valence-corrected chi connectivity index (χ0v) is 13.7. The molecule has 0 bridgehead atoms. The van der Waals surface area contributed by atoms with Gasteiger partial charge in [0.05, 0.1) is 18.2 Å². The molecule has 3 aromatic rings. The van der Waals surface area contributed by atoms with E-state index in [0.29, 0.717) is 17.9 Å². The van der Waals surface area contributed by atoms with Gasteiger partial charge in [-0.15, -0.1) is 0 Å². The van der Waals surface area contributed by atoms with Crippen molar-refractivity contribution < 1.29 is 19.4 Å². The van der Waals surface area contributed by atoms with Gasteiger partial charge in [-0.25, -0.2) is 4.79 Å². The molecule has 0 heterocycles. The lowest BCUT2D eigenvalue weighted by atomic mass is 10.1. The molecule has 0 unspecified atom stereocenters. The van der Waals surface area contributed by atoms with E-state index in [2.05, 4.69) is 5.32 Å². The number of methoxy groups -OCH3 is 1. The van der Waals surface area contributed by atoms with Crippen molar-refractivity contribution in [1.29, 1.82) is 0 Å². The number of hydrogen-bond acceptors (Lipinski definition) is 3. The highest BCUT2D eigenvalue weighted by molar-refractivity contribution is 6.01. The van der Waals surface area contributed by atoms with Crippen molar-refractivity contribution in [3.63, 3.8) is 0 Å². The van der Waals surface area contributed by atoms with Crippen molar-refractivity contribution in [3.8, 4) is 5.75 Å². The normalized spacial score (nSPS) is 10.4. The Labute approximate surface area is 144 Å². The Bertz CT molecular complexity index is 932. The molecule has 2 N–H and O–H groups in total. The summed E-state index contributed by atoms with van der Waals surface area (Å²) in [6, 6.07) is 17.8. The third kappa shape index (κ3) is 3.61. The standard InChI is InChI=1S/C20H17NO4/c1-25-18-11-16-5-3-2-4-15(16)10-17(18)19(22)21-12-13-6-8-14(9-7-13)20(23)24/h2-11H,12H2,1H3,(H,21,22)(H,23,24). The number of carbonyl (C=O) groups is 2. The van der Waals surface area contributed by atoms with Crippen molar-refractivity contribution in [2.24, 2.45) is 0 Å². The molecule has 3 aromatic carbocycles. The summed E-state index contributed by atoms with van der Waals surface area (Å²) < 4.78 is 5.34. The van der Waals surface area contributed by atoms with Gasteiger partial charge < -0.3 is 15.2 Å². The van der Waals surface area contributed by atoms with Crippen LogP contribution in [0.2, 0.25) is 0 Å². The first kappa shape index (κ1) is 16.5. The Kier molecular flexibility index (Phi) is 4.66. The Balaban J connectivity index is 1.78. The van der Waals surface area contributed by atoms with Crippen molar-refractivity contribution in [2.45, 2.75) is 6.54 Å². The number of aromatic carboxylic acids is 1. The number of rotatable bonds is 5. The first-order valence-corrected chi connectivity index (χ1v) is 7.75. The van der Waals surface area contributed by atoms with Crippen LogP contribution in [-0.2, 0) is 6.54 Å². The highest BCUT2D eigenvalue weighted by Gasteiger charge is 2.13. The lowest BCUT2D eigenvalue weighted by molar-refractivity contribution is 0.0696. The fourth-order valence-corrected chi connectivity index (χ4v) is 2.61. The Hall–Kier alpha value is -3.34. The average Bonchev–Trinajstić information content (AvgIpc) is 2.65. The molecule has 1 amide bonds. The molecule has 0 saturated carbocycles. The lowest BCUT2D eigenvalue weighted by Crippen LogP contribution is -2.23. The first-order valence-electron chi connectivity index (χ1n) is 7.75. The van der Waals surface area contributed by atoms with Gasteiger partial charge in [-0.05, 0) is 40.6 Å². The van der Waals surface area contributed by atoms with E-state index in [1.165, 1.54) is 19.2 Å². The highest BCUT2D eigenvalue weighted by atomic mass is 16.5. The summed E-state index contributed by atoms with van der Waals surface area (Å²) in [7, 11) is 1.53. The number of fused-ring (bicyclic) bond motifs is 1. The number of carbonyl (C=O) groups excluding carboxylic acids is 1. The topological polar surface area (TPSA) is 75.6 Å². The van der Waals surface area contributed by atoms with Crippen LogP contribution in [-0.4, -0.2) is 24.1 Å². The smallest absolute Gasteiger partial charge is 0.335 e. The quantitative estimate of drug-likeness (QED) is 0.748. The van der Waals surface area contributed by atoms with E-state index in [-0.39, 0.29) is 11.5 Å². The highest BCUT2D eigenvalue weighted by Crippen LogP contribution is 2.26. The van der Waals surface area contributed by atoms with Gasteiger partial charge in [0.2, 0.25) is 0 Å². The van der Waals surface area contributed by atoms with Crippen molar-refractivity contribution in [3.05, 3.63) is 77.4 Å². The average molecular weight is 335 g/mol. The maximum absolute atomic E-state index is 12.5. The van der Waals surface area contributed by atoms with E-state index in [9.17, 15) is 9.59 Å². The second-order valence-corrected chi connectivity index (χ2v) is 5.58. The van der Waals surface area contributed by atoms with Crippen LogP contribution in [0.15, 0.2) is 60.7 Å². The first-order chi connectivity index (χ1) is 12.1. The molecule has 5 nitrogen and oxygen atoms in total. The Morgan fingerprint density at radius 3 is 2.24 bits per heavy atom. The fraction of sp³-hybridized carbons (Fsp3) is 0.100. The molecule has 3 rings (SSSR count). The second-order valence-electron chi connectivity index (χ2n) is 5.58. The van der Waals surface area contributed by atoms with Crippen LogP contribution in [0.1, 0.15) is 26.3 Å². The molecular weight excluding hydrogens is 318 g/mol. The molecule has 0 aliphatic carbocycles. The molecule has 0 aromatic heterocycles. The van der Waals surface area contributed by atoms with Crippen LogP contribution in [0.4, 0.5) is 0 Å². The van der Waals surface area contributed by atoms with E-state index in [0.717, 1.165) is 16.3 Å². The van der Waals surface area contributed by atoms with E-state index in [1.807, 2.05) is 30.3 Å². The van der Waals surface area contributed by atoms with E-state index in [4.69, 9.17) is 9.84 Å². The van der Waals surface area contributed by atoms with Crippen LogP contribution in [0, 0.1) is 0 Å². The summed E-state index contributed by atoms with van der Waals surface area (Å²) in [5, 5.41) is 13.7. The predicted molar refractivity (Wildman–Crippen MR) is 95.1 cm³/mol. The molecule has 0 fully saturated rings. The summed E-state index contributed by atoms with van der Waals surface area (Å²) in [6.45, 7) is 0.300. The fourth-order valence-electron chi connectivity index (χ4n) is 2.61. The number of hydrogen-bond donors (Lipinski definition) is 2. The van der Waals surface area contributed by atoms with Crippen molar-refractivity contribution >= 4 is 22.6 Å². The molecule has 0 spiro atoms. The maximum atomic E-state index is 12.5. The van der Waals surface area contributed by atoms with Gasteiger partial charge in [-0.1, -0.05) is 36.4 Å². The number of ether oxygens (including phenoxy) is 1. The largest absolute Gasteiger partial charge is 0.496 e. The number of carboxylic acid groups (broad SMARTS) is 1. The predicted octanol–water partition coefficient (Wildman–Crippen LogP) is 3.48. The van der Waals surface area contributed by atoms with Crippen LogP contribution < -0.4 is 10.1 Å². The van der Waals surface area contributed by atoms with E-state index < -0.39 is 5.97 Å². The number of benzene rings is 3. The van der Waals surface area contributed by atoms with Gasteiger partial charge in [-0.2, -0.15) is 0 Å². The summed E-state index contributed by atoms with van der Waals surface area (Å²) in [4.78, 5) is 23.4. The van der Waals surface area contributed by atoms with Gasteiger partial charge in [0.1, 0.15) is 5.75 Å². The molecule has 25 heavy (non-hydrogen) atoms. The number of nitrogens with one attached hydrogen (secondary N) is 1. The van der Waals surface area contributed by atoms with Gasteiger partial charge in [0.15, 0.2) is 0 Å². The Morgan fingerprint density at radius 2 is 1.64 bits per heavy atom. The summed E-state index contributed by atoms with van der Waals surface area (Å²) in [6.07, 6.45) is 0. The number of carboxylic acids is 1. The van der Waals surface area contributed by atoms with Crippen LogP contribution >= 0.6 is 0 Å². The van der Waals surface area contributed by atoms with Gasteiger partial charge in [0.25, 0.3) is 5.91 Å². The molecule has 0 radical (unpaired) electrons. The summed E-state index contributed by atoms with van der Waals surface area (Å²) in [5.41, 5.74) is 1.49. The van der Waals surface area contributed by atoms with Crippen molar-refractivity contribution in [2.75, 3.05) is 7.11 Å². The maximum Gasteiger partial charge on any atom is 0.335 e. The monoisotopic (exact) mass is 335 g/mol. The molecule has 5 heteroatoms. The lowest BCUT2D eigenvalue weighted by Gasteiger charge is -2.11. The molecule has 126 valence electrons. The van der Waals surface area contributed by atoms with Crippen molar-refractivity contribution in [1.82, 2.24) is 5.32 Å². The third-order valence-electron chi connectivity index (χ3n) is 3.97. The van der Waals surface area contributed by atoms with Crippen LogP contribution in [0.25, 0.3) is 10.8 Å². The third-order valence-corrected chi connectivity index (χ3v) is 3.97. The minimum Gasteiger partial charge on any atom is -0.496 e. The SMILES string of the molecule is COc1cc2ccccc2cc1C(=O)NCc1ccc(C(=O)O)cc1. The van der Waals surface area contributed by atoms with Gasteiger partial charge >= 0.3 is 5.97 Å². The summed E-state index contributed by atoms with van der Waals surface area (Å²) >= 11 is 0. The summed E-state index contributed by atoms with van der Waals surface area (Å²) in [5.74, 6) is -0.709. The minimum atomic E-state index is -0.975. The van der Waals surface area contributed by atoms with E-state index in [1.54, 1.807) is 18.2 Å². The second kappa shape index (κ2) is 7.05. The molecule has 0 aliphatic rings. The zero-order valence-electron chi connectivity index (χ0n) is 13.7. The molecular formula is C20H17NO4. The molecule has 0 saturated heterocycles. The zero-order chi connectivity index (χ0) is 17.8.